The van der Waals surface area contributed by atoms with Gasteiger partial charge in [-0.3, -0.25) is 4.68 Å². The molecule has 1 aromatic heterocycles. The van der Waals surface area contributed by atoms with E-state index < -0.39 is 0 Å². The van der Waals surface area contributed by atoms with Crippen LogP contribution < -0.4 is 5.32 Å². The molecule has 0 radical (unpaired) electrons. The van der Waals surface area contributed by atoms with E-state index in [0.717, 1.165) is 18.2 Å². The molecule has 19 heavy (non-hydrogen) atoms. The zero-order valence-corrected chi connectivity index (χ0v) is 12.2. The average molecular weight is 260 g/mol. The Bertz CT molecular complexity index is 492. The number of allylic oxidation sites excluding steroid dienone is 1. The molecule has 4 nitrogen and oxygen atoms in total. The van der Waals surface area contributed by atoms with Crippen LogP contribution in [-0.4, -0.2) is 41.9 Å². The average Bonchev–Trinajstić information content (AvgIpc) is 2.76. The SMILES string of the molecule is CNc1nn(C)c2c1CCC(C1CCN(C)CC1)=C2. The van der Waals surface area contributed by atoms with E-state index in [-0.39, 0.29) is 0 Å². The lowest BCUT2D eigenvalue weighted by atomic mass is 9.83. The van der Waals surface area contributed by atoms with Crippen LogP contribution in [0.25, 0.3) is 6.08 Å². The third-order valence-electron chi connectivity index (χ3n) is 4.66. The molecule has 0 aromatic carbocycles. The van der Waals surface area contributed by atoms with E-state index >= 15 is 0 Å². The van der Waals surface area contributed by atoms with Crippen molar-refractivity contribution < 1.29 is 0 Å². The van der Waals surface area contributed by atoms with Crippen molar-refractivity contribution in [3.05, 3.63) is 16.8 Å². The third kappa shape index (κ3) is 2.29. The Labute approximate surface area is 115 Å². The molecule has 1 aliphatic carbocycles. The Morgan fingerprint density at radius 3 is 2.63 bits per heavy atom. The first-order valence-electron chi connectivity index (χ1n) is 7.31. The predicted molar refractivity (Wildman–Crippen MR) is 79.3 cm³/mol. The first kappa shape index (κ1) is 12.7. The van der Waals surface area contributed by atoms with Crippen molar-refractivity contribution in [3.63, 3.8) is 0 Å². The van der Waals surface area contributed by atoms with Crippen molar-refractivity contribution in [1.29, 1.82) is 0 Å². The number of rotatable bonds is 2. The van der Waals surface area contributed by atoms with Crippen molar-refractivity contribution in [2.45, 2.75) is 25.7 Å². The highest BCUT2D eigenvalue weighted by atomic mass is 15.3. The number of hydrogen-bond acceptors (Lipinski definition) is 3. The number of piperidine rings is 1. The summed E-state index contributed by atoms with van der Waals surface area (Å²) in [6.45, 7) is 2.48. The highest BCUT2D eigenvalue weighted by molar-refractivity contribution is 5.64. The van der Waals surface area contributed by atoms with Crippen LogP contribution in [0.5, 0.6) is 0 Å². The number of aryl methyl sites for hydroxylation is 1. The summed E-state index contributed by atoms with van der Waals surface area (Å²) < 4.78 is 2.02. The van der Waals surface area contributed by atoms with Crippen LogP contribution in [0.3, 0.4) is 0 Å². The lowest BCUT2D eigenvalue weighted by Gasteiger charge is -2.31. The highest BCUT2D eigenvalue weighted by Crippen LogP contribution is 2.35. The van der Waals surface area contributed by atoms with Gasteiger partial charge in [0.25, 0.3) is 0 Å². The lowest BCUT2D eigenvalue weighted by Crippen LogP contribution is -2.31. The zero-order valence-electron chi connectivity index (χ0n) is 12.2. The third-order valence-corrected chi connectivity index (χ3v) is 4.66. The molecule has 2 aliphatic rings. The van der Waals surface area contributed by atoms with E-state index in [1.54, 1.807) is 5.57 Å². The number of likely N-dealkylation sites (tertiary alicyclic amines) is 1. The van der Waals surface area contributed by atoms with Crippen molar-refractivity contribution >= 4 is 11.9 Å². The Kier molecular flexibility index (Phi) is 3.35. The van der Waals surface area contributed by atoms with Gasteiger partial charge in [0.05, 0.1) is 5.69 Å². The predicted octanol–water partition coefficient (Wildman–Crippen LogP) is 2.13. The molecule has 1 N–H and O–H groups in total. The van der Waals surface area contributed by atoms with Crippen molar-refractivity contribution in [2.75, 3.05) is 32.5 Å². The second-order valence-corrected chi connectivity index (χ2v) is 5.88. The van der Waals surface area contributed by atoms with Crippen LogP contribution in [-0.2, 0) is 13.5 Å². The van der Waals surface area contributed by atoms with Crippen molar-refractivity contribution in [1.82, 2.24) is 14.7 Å². The first-order valence-corrected chi connectivity index (χ1v) is 7.31. The summed E-state index contributed by atoms with van der Waals surface area (Å²) in [5, 5.41) is 7.76. The van der Waals surface area contributed by atoms with Gasteiger partial charge in [-0.1, -0.05) is 5.57 Å². The minimum absolute atomic E-state index is 0.789. The van der Waals surface area contributed by atoms with Crippen molar-refractivity contribution in [2.24, 2.45) is 13.0 Å². The maximum absolute atomic E-state index is 4.56. The summed E-state index contributed by atoms with van der Waals surface area (Å²) in [5.74, 6) is 1.84. The molecule has 0 saturated carbocycles. The van der Waals surface area contributed by atoms with Gasteiger partial charge in [0.15, 0.2) is 5.82 Å². The largest absolute Gasteiger partial charge is 0.371 e. The van der Waals surface area contributed by atoms with E-state index in [1.165, 1.54) is 43.6 Å². The second kappa shape index (κ2) is 5.00. The van der Waals surface area contributed by atoms with Crippen LogP contribution in [0.2, 0.25) is 0 Å². The number of fused-ring (bicyclic) bond motifs is 1. The van der Waals surface area contributed by atoms with Gasteiger partial charge in [-0.25, -0.2) is 0 Å². The van der Waals surface area contributed by atoms with E-state index in [1.807, 2.05) is 18.8 Å². The Balaban J connectivity index is 1.85. The van der Waals surface area contributed by atoms with E-state index in [4.69, 9.17) is 0 Å². The number of anilines is 1. The molecule has 2 heterocycles. The Morgan fingerprint density at radius 1 is 1.21 bits per heavy atom. The molecular weight excluding hydrogens is 236 g/mol. The summed E-state index contributed by atoms with van der Waals surface area (Å²) >= 11 is 0. The van der Waals surface area contributed by atoms with Crippen molar-refractivity contribution in [3.8, 4) is 0 Å². The minimum Gasteiger partial charge on any atom is -0.371 e. The fourth-order valence-corrected chi connectivity index (χ4v) is 3.43. The van der Waals surface area contributed by atoms with Crippen LogP contribution >= 0.6 is 0 Å². The summed E-state index contributed by atoms with van der Waals surface area (Å²) in [6.07, 6.45) is 7.38. The molecule has 4 heteroatoms. The Hall–Kier alpha value is -1.29. The molecule has 1 saturated heterocycles. The molecule has 0 spiro atoms. The number of aromatic nitrogens is 2. The van der Waals surface area contributed by atoms with Crippen LogP contribution in [0, 0.1) is 5.92 Å². The van der Waals surface area contributed by atoms with Gasteiger partial charge < -0.3 is 10.2 Å². The highest BCUT2D eigenvalue weighted by Gasteiger charge is 2.25. The van der Waals surface area contributed by atoms with Gasteiger partial charge in [0.2, 0.25) is 0 Å². The summed E-state index contributed by atoms with van der Waals surface area (Å²) in [4.78, 5) is 2.44. The fraction of sp³-hybridized carbons (Fsp3) is 0.667. The molecular formula is C15H24N4. The molecule has 104 valence electrons. The molecule has 1 fully saturated rings. The normalized spacial score (nSPS) is 21.1. The first-order chi connectivity index (χ1) is 9.19. The van der Waals surface area contributed by atoms with Gasteiger partial charge in [0, 0.05) is 19.7 Å². The maximum Gasteiger partial charge on any atom is 0.151 e. The number of hydrogen-bond donors (Lipinski definition) is 1. The molecule has 1 aliphatic heterocycles. The molecule has 0 bridgehead atoms. The molecule has 1 aromatic rings. The van der Waals surface area contributed by atoms with E-state index in [2.05, 4.69) is 28.4 Å². The molecule has 0 unspecified atom stereocenters. The smallest absolute Gasteiger partial charge is 0.151 e. The molecule has 0 atom stereocenters. The van der Waals surface area contributed by atoms with Gasteiger partial charge >= 0.3 is 0 Å². The second-order valence-electron chi connectivity index (χ2n) is 5.88. The summed E-state index contributed by atoms with van der Waals surface area (Å²) in [6, 6.07) is 0. The summed E-state index contributed by atoms with van der Waals surface area (Å²) in [5.41, 5.74) is 4.34. The number of nitrogens with one attached hydrogen (secondary N) is 1. The zero-order chi connectivity index (χ0) is 13.4. The van der Waals surface area contributed by atoms with Gasteiger partial charge in [-0.15, -0.1) is 0 Å². The van der Waals surface area contributed by atoms with E-state index in [0.29, 0.717) is 0 Å². The summed E-state index contributed by atoms with van der Waals surface area (Å²) in [7, 11) is 6.23. The topological polar surface area (TPSA) is 33.1 Å². The van der Waals surface area contributed by atoms with Gasteiger partial charge in [0.1, 0.15) is 0 Å². The Morgan fingerprint density at radius 2 is 1.95 bits per heavy atom. The lowest BCUT2D eigenvalue weighted by molar-refractivity contribution is 0.236. The minimum atomic E-state index is 0.789. The van der Waals surface area contributed by atoms with Gasteiger partial charge in [-0.2, -0.15) is 5.10 Å². The quantitative estimate of drug-likeness (QED) is 0.884. The van der Waals surface area contributed by atoms with Crippen LogP contribution in [0.15, 0.2) is 5.57 Å². The molecule has 3 rings (SSSR count). The molecule has 0 amide bonds. The van der Waals surface area contributed by atoms with E-state index in [9.17, 15) is 0 Å². The number of nitrogens with zero attached hydrogens (tertiary/aromatic N) is 3. The van der Waals surface area contributed by atoms with Gasteiger partial charge in [-0.05, 0) is 57.8 Å². The van der Waals surface area contributed by atoms with Crippen LogP contribution in [0.1, 0.15) is 30.5 Å². The maximum atomic E-state index is 4.56. The monoisotopic (exact) mass is 260 g/mol. The van der Waals surface area contributed by atoms with Crippen LogP contribution in [0.4, 0.5) is 5.82 Å². The standard InChI is InChI=1S/C15H24N4/c1-16-15-13-5-4-12(10-14(13)19(3)17-15)11-6-8-18(2)9-7-11/h10-11H,4-9H2,1-3H3,(H,16,17). The fourth-order valence-electron chi connectivity index (χ4n) is 3.43.